The summed E-state index contributed by atoms with van der Waals surface area (Å²) in [6, 6.07) is 19.9. The van der Waals surface area contributed by atoms with Gasteiger partial charge in [-0.3, -0.25) is 19.2 Å². The Morgan fingerprint density at radius 3 is 2.14 bits per heavy atom. The quantitative estimate of drug-likeness (QED) is 0.339. The topological polar surface area (TPSA) is 154 Å². The summed E-state index contributed by atoms with van der Waals surface area (Å²) < 4.78 is 5.68. The fourth-order valence-electron chi connectivity index (χ4n) is 6.15. The van der Waals surface area contributed by atoms with Crippen LogP contribution in [0.5, 0.6) is 0 Å². The van der Waals surface area contributed by atoms with Crippen LogP contribution in [0.25, 0.3) is 11.1 Å². The van der Waals surface area contributed by atoms with Crippen molar-refractivity contribution in [1.82, 2.24) is 20.9 Å². The molecule has 0 bridgehead atoms. The highest BCUT2D eigenvalue weighted by atomic mass is 16.5. The molecule has 0 unspecified atom stereocenters. The molecular weight excluding hydrogens is 540 g/mol. The number of carbonyl (C=O) groups is 5. The summed E-state index contributed by atoms with van der Waals surface area (Å²) in [6.45, 7) is -0.0618. The van der Waals surface area contributed by atoms with E-state index in [0.29, 0.717) is 5.56 Å². The molecule has 3 aromatic rings. The second-order valence-electron chi connectivity index (χ2n) is 10.5. The molecule has 0 radical (unpaired) electrons. The van der Waals surface area contributed by atoms with Crippen LogP contribution in [0.1, 0.15) is 33.8 Å². The molecule has 214 valence electrons. The number of aliphatic carboxylic acids is 1. The van der Waals surface area contributed by atoms with Crippen LogP contribution in [0.15, 0.2) is 78.9 Å². The van der Waals surface area contributed by atoms with Gasteiger partial charge < -0.3 is 30.7 Å². The summed E-state index contributed by atoms with van der Waals surface area (Å²) in [4.78, 5) is 65.0. The number of piperazine rings is 1. The van der Waals surface area contributed by atoms with E-state index < -0.39 is 60.4 Å². The van der Waals surface area contributed by atoms with Gasteiger partial charge in [0.1, 0.15) is 18.7 Å². The first-order valence-electron chi connectivity index (χ1n) is 13.6. The molecule has 2 aliphatic heterocycles. The first kappa shape index (κ1) is 27.0. The molecule has 2 heterocycles. The summed E-state index contributed by atoms with van der Waals surface area (Å²) in [6.07, 6.45) is -1.39. The number of alkyl carbamates (subject to hydrolysis) is 1. The highest BCUT2D eigenvalue weighted by Gasteiger charge is 2.54. The zero-order valence-electron chi connectivity index (χ0n) is 22.4. The number of benzene rings is 3. The minimum Gasteiger partial charge on any atom is -0.481 e. The van der Waals surface area contributed by atoms with Crippen LogP contribution in [-0.2, 0) is 19.1 Å². The molecule has 1 aliphatic carbocycles. The van der Waals surface area contributed by atoms with E-state index >= 15 is 0 Å². The zero-order valence-corrected chi connectivity index (χ0v) is 22.4. The molecule has 2 fully saturated rings. The van der Waals surface area contributed by atoms with E-state index in [4.69, 9.17) is 4.74 Å². The van der Waals surface area contributed by atoms with E-state index in [9.17, 15) is 29.1 Å². The van der Waals surface area contributed by atoms with Crippen LogP contribution in [0.4, 0.5) is 4.79 Å². The molecule has 0 spiro atoms. The van der Waals surface area contributed by atoms with Crippen molar-refractivity contribution in [3.05, 3.63) is 95.6 Å². The molecule has 6 rings (SSSR count). The Morgan fingerprint density at radius 2 is 1.50 bits per heavy atom. The maximum Gasteiger partial charge on any atom is 0.407 e. The maximum absolute atomic E-state index is 13.2. The minimum absolute atomic E-state index is 0.0355. The Morgan fingerprint density at radius 1 is 0.881 bits per heavy atom. The van der Waals surface area contributed by atoms with E-state index in [1.54, 1.807) is 30.3 Å². The Bertz CT molecular complexity index is 1530. The van der Waals surface area contributed by atoms with Gasteiger partial charge in [0.25, 0.3) is 5.91 Å². The number of carboxylic acid groups (broad SMARTS) is 1. The Balaban J connectivity index is 1.21. The normalized spacial score (nSPS) is 22.4. The standard InChI is InChI=1S/C31H28N4O7/c36-25(37)14-23-30(40)35-15-24(33-28(38)17-8-2-1-3-9-17)26(27(35)29(39)32-23)34-31(41)42-16-22-20-12-6-4-10-18(20)19-11-5-7-13-21(19)22/h1-13,22-24,26-27H,14-16H2,(H,32,39)(H,33,38)(H,34,41)(H,36,37)/t23-,24+,26+,27-/m0/s1. The molecule has 42 heavy (non-hydrogen) atoms. The molecule has 4 amide bonds. The van der Waals surface area contributed by atoms with Gasteiger partial charge in [-0.1, -0.05) is 66.7 Å². The molecule has 3 aromatic carbocycles. The average molecular weight is 569 g/mol. The lowest BCUT2D eigenvalue weighted by atomic mass is 9.98. The minimum atomic E-state index is -1.25. The fraction of sp³-hybridized carbons (Fsp3) is 0.258. The smallest absolute Gasteiger partial charge is 0.407 e. The summed E-state index contributed by atoms with van der Waals surface area (Å²) in [5, 5.41) is 17.2. The molecule has 11 nitrogen and oxygen atoms in total. The lowest BCUT2D eigenvalue weighted by Crippen LogP contribution is -2.66. The van der Waals surface area contributed by atoms with Crippen molar-refractivity contribution in [3.8, 4) is 11.1 Å². The third-order valence-electron chi connectivity index (χ3n) is 8.03. The van der Waals surface area contributed by atoms with E-state index in [1.807, 2.05) is 48.5 Å². The third-order valence-corrected chi connectivity index (χ3v) is 8.03. The van der Waals surface area contributed by atoms with Gasteiger partial charge in [0, 0.05) is 18.0 Å². The monoisotopic (exact) mass is 568 g/mol. The van der Waals surface area contributed by atoms with Gasteiger partial charge in [-0.05, 0) is 34.4 Å². The summed E-state index contributed by atoms with van der Waals surface area (Å²) >= 11 is 0. The van der Waals surface area contributed by atoms with Crippen LogP contribution in [0.3, 0.4) is 0 Å². The predicted octanol–water partition coefficient (Wildman–Crippen LogP) is 1.88. The third kappa shape index (κ3) is 4.93. The Labute approximate surface area is 240 Å². The second-order valence-corrected chi connectivity index (χ2v) is 10.5. The highest BCUT2D eigenvalue weighted by Crippen LogP contribution is 2.44. The predicted molar refractivity (Wildman–Crippen MR) is 149 cm³/mol. The van der Waals surface area contributed by atoms with Gasteiger partial charge in [0.05, 0.1) is 18.5 Å². The number of nitrogens with one attached hydrogen (secondary N) is 3. The molecular formula is C31H28N4O7. The fourth-order valence-corrected chi connectivity index (χ4v) is 6.15. The van der Waals surface area contributed by atoms with Gasteiger partial charge >= 0.3 is 12.1 Å². The molecule has 4 atom stereocenters. The number of hydrogen-bond donors (Lipinski definition) is 4. The summed E-state index contributed by atoms with van der Waals surface area (Å²) in [5.41, 5.74) is 4.58. The second kappa shape index (κ2) is 11.0. The molecule has 11 heteroatoms. The SMILES string of the molecule is O=C(O)C[C@@H]1NC(=O)[C@@H]2[C@H](NC(=O)OCC3c4ccccc4-c4ccccc43)[C@H](NC(=O)c3ccccc3)CN2C1=O. The molecule has 0 saturated carbocycles. The first-order chi connectivity index (χ1) is 20.3. The zero-order chi connectivity index (χ0) is 29.4. The van der Waals surface area contributed by atoms with Crippen molar-refractivity contribution in [1.29, 1.82) is 0 Å². The van der Waals surface area contributed by atoms with Crippen molar-refractivity contribution in [2.24, 2.45) is 0 Å². The highest BCUT2D eigenvalue weighted by molar-refractivity contribution is 6.00. The van der Waals surface area contributed by atoms with Crippen LogP contribution >= 0.6 is 0 Å². The van der Waals surface area contributed by atoms with Gasteiger partial charge in [0.15, 0.2) is 0 Å². The number of hydrogen-bond acceptors (Lipinski definition) is 6. The lowest BCUT2D eigenvalue weighted by Gasteiger charge is -2.35. The number of carbonyl (C=O) groups excluding carboxylic acids is 4. The number of fused-ring (bicyclic) bond motifs is 4. The van der Waals surface area contributed by atoms with Crippen molar-refractivity contribution < 1.29 is 33.8 Å². The van der Waals surface area contributed by atoms with E-state index in [0.717, 1.165) is 22.3 Å². The lowest BCUT2D eigenvalue weighted by molar-refractivity contribution is -0.150. The van der Waals surface area contributed by atoms with Crippen LogP contribution in [0, 0.1) is 0 Å². The van der Waals surface area contributed by atoms with Crippen LogP contribution in [0.2, 0.25) is 0 Å². The maximum atomic E-state index is 13.2. The van der Waals surface area contributed by atoms with E-state index in [1.165, 1.54) is 4.90 Å². The largest absolute Gasteiger partial charge is 0.481 e. The van der Waals surface area contributed by atoms with Crippen LogP contribution < -0.4 is 16.0 Å². The molecule has 3 aliphatic rings. The van der Waals surface area contributed by atoms with Crippen molar-refractivity contribution in [2.75, 3.05) is 13.2 Å². The number of nitrogens with zero attached hydrogens (tertiary/aromatic N) is 1. The van der Waals surface area contributed by atoms with Crippen molar-refractivity contribution in [2.45, 2.75) is 36.5 Å². The Hall–Kier alpha value is -5.19. The van der Waals surface area contributed by atoms with Crippen molar-refractivity contribution in [3.63, 3.8) is 0 Å². The van der Waals surface area contributed by atoms with Gasteiger partial charge in [-0.2, -0.15) is 0 Å². The number of ether oxygens (including phenoxy) is 1. The average Bonchev–Trinajstić information content (AvgIpc) is 3.50. The van der Waals surface area contributed by atoms with E-state index in [2.05, 4.69) is 16.0 Å². The number of rotatable bonds is 7. The van der Waals surface area contributed by atoms with Gasteiger partial charge in [-0.25, -0.2) is 4.79 Å². The number of amides is 4. The van der Waals surface area contributed by atoms with Gasteiger partial charge in [-0.15, -0.1) is 0 Å². The van der Waals surface area contributed by atoms with Gasteiger partial charge in [0.2, 0.25) is 11.8 Å². The number of carboxylic acids is 1. The van der Waals surface area contributed by atoms with E-state index in [-0.39, 0.29) is 19.1 Å². The summed E-state index contributed by atoms with van der Waals surface area (Å²) in [5.74, 6) is -3.10. The molecule has 4 N–H and O–H groups in total. The first-order valence-corrected chi connectivity index (χ1v) is 13.6. The van der Waals surface area contributed by atoms with Crippen molar-refractivity contribution >= 4 is 29.8 Å². The Kier molecular flexibility index (Phi) is 7.07. The van der Waals surface area contributed by atoms with Crippen LogP contribution in [-0.4, -0.2) is 77.1 Å². The molecule has 0 aromatic heterocycles. The summed E-state index contributed by atoms with van der Waals surface area (Å²) in [7, 11) is 0. The molecule has 2 saturated heterocycles.